The second kappa shape index (κ2) is 10.8. The van der Waals surface area contributed by atoms with Gasteiger partial charge >= 0.3 is 12.4 Å². The van der Waals surface area contributed by atoms with Crippen LogP contribution in [0.3, 0.4) is 0 Å². The van der Waals surface area contributed by atoms with E-state index in [-0.39, 0.29) is 40.8 Å². The molecule has 0 saturated carbocycles. The zero-order valence-corrected chi connectivity index (χ0v) is 22.3. The summed E-state index contributed by atoms with van der Waals surface area (Å²) in [6, 6.07) is 6.95. The number of anilines is 1. The lowest BCUT2D eigenvalue weighted by molar-refractivity contribution is -0.140. The third-order valence-corrected chi connectivity index (χ3v) is 8.80. The van der Waals surface area contributed by atoms with Gasteiger partial charge in [0.2, 0.25) is 15.9 Å². The van der Waals surface area contributed by atoms with E-state index in [0.29, 0.717) is 35.4 Å². The number of sulfonamides is 1. The Hall–Kier alpha value is -2.87. The molecule has 3 aromatic rings. The van der Waals surface area contributed by atoms with E-state index in [9.17, 15) is 43.9 Å². The molecule has 0 bridgehead atoms. The van der Waals surface area contributed by atoms with Crippen LogP contribution in [0.5, 0.6) is 0 Å². The first-order valence-electron chi connectivity index (χ1n) is 11.3. The van der Waals surface area contributed by atoms with Crippen molar-refractivity contribution in [3.05, 3.63) is 92.2 Å². The van der Waals surface area contributed by atoms with E-state index in [1.807, 2.05) is 0 Å². The van der Waals surface area contributed by atoms with Crippen LogP contribution in [0, 0.1) is 5.82 Å². The highest BCUT2D eigenvalue weighted by molar-refractivity contribution is 7.89. The van der Waals surface area contributed by atoms with E-state index < -0.39 is 56.5 Å². The van der Waals surface area contributed by atoms with Crippen molar-refractivity contribution in [2.45, 2.75) is 36.6 Å². The smallest absolute Gasteiger partial charge is 0.324 e. The Kier molecular flexibility index (Phi) is 8.16. The van der Waals surface area contributed by atoms with Gasteiger partial charge < -0.3 is 5.32 Å². The molecule has 0 spiro atoms. The van der Waals surface area contributed by atoms with Crippen LogP contribution >= 0.6 is 23.2 Å². The van der Waals surface area contributed by atoms with Crippen molar-refractivity contribution >= 4 is 44.8 Å². The molecule has 0 fully saturated rings. The third-order valence-electron chi connectivity index (χ3n) is 6.16. The Labute approximate surface area is 233 Å². The Balaban J connectivity index is 1.56. The summed E-state index contributed by atoms with van der Waals surface area (Å²) in [5.41, 5.74) is -1.69. The molecular weight excluding hydrogens is 612 g/mol. The molecule has 0 radical (unpaired) electrons. The monoisotopic (exact) mass is 628 g/mol. The molecule has 5 nitrogen and oxygen atoms in total. The van der Waals surface area contributed by atoms with Crippen molar-refractivity contribution in [3.63, 3.8) is 0 Å². The summed E-state index contributed by atoms with van der Waals surface area (Å²) in [5, 5.41) is 2.24. The second-order valence-electron chi connectivity index (χ2n) is 8.83. The summed E-state index contributed by atoms with van der Waals surface area (Å²) in [7, 11) is -4.46. The minimum atomic E-state index is -4.89. The summed E-state index contributed by atoms with van der Waals surface area (Å²) in [6.07, 6.45) is -10.2. The van der Waals surface area contributed by atoms with Gasteiger partial charge in [0.15, 0.2) is 0 Å². The second-order valence-corrected chi connectivity index (χ2v) is 11.5. The lowest BCUT2D eigenvalue weighted by atomic mass is 9.98. The number of hydrogen-bond acceptors (Lipinski definition) is 3. The Bertz CT molecular complexity index is 1590. The number of nitrogens with zero attached hydrogens (tertiary/aromatic N) is 1. The fraction of sp³-hybridized carbons (Fsp3) is 0.240. The van der Waals surface area contributed by atoms with Gasteiger partial charge in [-0.25, -0.2) is 12.8 Å². The van der Waals surface area contributed by atoms with Crippen LogP contribution in [-0.2, 0) is 46.6 Å². The lowest BCUT2D eigenvalue weighted by Gasteiger charge is -2.30. The molecule has 0 unspecified atom stereocenters. The number of amides is 1. The average molecular weight is 629 g/mol. The SMILES string of the molecule is O=C(Cc1ccc(C(F)(F)F)c(F)c1)Nc1c(Cl)ccc2c1CCN(S(=O)(=O)c1cc(C(F)(F)F)ccc1Cl)C2. The van der Waals surface area contributed by atoms with E-state index in [4.69, 9.17) is 23.2 Å². The summed E-state index contributed by atoms with van der Waals surface area (Å²) in [4.78, 5) is 11.9. The minimum Gasteiger partial charge on any atom is -0.324 e. The van der Waals surface area contributed by atoms with Crippen molar-refractivity contribution < 1.29 is 43.9 Å². The van der Waals surface area contributed by atoms with Crippen LogP contribution in [0.4, 0.5) is 36.4 Å². The molecular formula is C25H17Cl2F7N2O3S. The van der Waals surface area contributed by atoms with Gasteiger partial charge in [-0.1, -0.05) is 35.3 Å². The van der Waals surface area contributed by atoms with Crippen LogP contribution in [-0.4, -0.2) is 25.2 Å². The molecule has 1 heterocycles. The molecule has 1 aliphatic heterocycles. The molecule has 15 heteroatoms. The van der Waals surface area contributed by atoms with Crippen molar-refractivity contribution in [2.24, 2.45) is 0 Å². The van der Waals surface area contributed by atoms with E-state index in [2.05, 4.69) is 5.32 Å². The number of carbonyl (C=O) groups excluding carboxylic acids is 1. The van der Waals surface area contributed by atoms with Crippen molar-refractivity contribution in [1.29, 1.82) is 0 Å². The van der Waals surface area contributed by atoms with Gasteiger partial charge in [-0.05, 0) is 59.5 Å². The summed E-state index contributed by atoms with van der Waals surface area (Å²) in [5.74, 6) is -2.25. The Morgan fingerprint density at radius 2 is 1.60 bits per heavy atom. The third kappa shape index (κ3) is 6.22. The number of hydrogen-bond donors (Lipinski definition) is 1. The molecule has 40 heavy (non-hydrogen) atoms. The number of rotatable bonds is 5. The maximum absolute atomic E-state index is 13.9. The predicted molar refractivity (Wildman–Crippen MR) is 133 cm³/mol. The number of halogens is 9. The predicted octanol–water partition coefficient (Wildman–Crippen LogP) is 7.10. The minimum absolute atomic E-state index is 0.0101. The first-order chi connectivity index (χ1) is 18.5. The van der Waals surface area contributed by atoms with Crippen molar-refractivity contribution in [1.82, 2.24) is 4.31 Å². The molecule has 4 rings (SSSR count). The topological polar surface area (TPSA) is 66.5 Å². The van der Waals surface area contributed by atoms with E-state index >= 15 is 0 Å². The van der Waals surface area contributed by atoms with Gasteiger partial charge in [-0.15, -0.1) is 0 Å². The molecule has 0 atom stereocenters. The molecule has 0 aromatic heterocycles. The molecule has 214 valence electrons. The van der Waals surface area contributed by atoms with Crippen LogP contribution in [0.2, 0.25) is 10.0 Å². The lowest BCUT2D eigenvalue weighted by Crippen LogP contribution is -2.36. The highest BCUT2D eigenvalue weighted by Gasteiger charge is 2.36. The van der Waals surface area contributed by atoms with Gasteiger partial charge in [-0.2, -0.15) is 30.6 Å². The standard InChI is InChI=1S/C25H17Cl2F7N2O3S/c26-18-6-3-15(24(29,30)31)11-21(18)40(38,39)36-8-7-16-14(12-36)2-5-19(27)23(16)35-22(37)10-13-1-4-17(20(28)9-13)25(32,33)34/h1-6,9,11H,7-8,10,12H2,(H,35,37). The zero-order valence-electron chi connectivity index (χ0n) is 19.9. The van der Waals surface area contributed by atoms with Gasteiger partial charge in [0.05, 0.1) is 33.3 Å². The van der Waals surface area contributed by atoms with E-state index in [0.717, 1.165) is 16.4 Å². The van der Waals surface area contributed by atoms with E-state index in [1.54, 1.807) is 0 Å². The number of nitrogens with one attached hydrogen (secondary N) is 1. The first kappa shape index (κ1) is 30.1. The fourth-order valence-electron chi connectivity index (χ4n) is 4.23. The summed E-state index contributed by atoms with van der Waals surface area (Å²) >= 11 is 12.2. The summed E-state index contributed by atoms with van der Waals surface area (Å²) in [6.45, 7) is -0.455. The quantitative estimate of drug-likeness (QED) is 0.307. The van der Waals surface area contributed by atoms with Crippen LogP contribution in [0.15, 0.2) is 53.4 Å². The largest absolute Gasteiger partial charge is 0.419 e. The molecule has 1 aliphatic rings. The van der Waals surface area contributed by atoms with Crippen molar-refractivity contribution in [2.75, 3.05) is 11.9 Å². The van der Waals surface area contributed by atoms with Gasteiger partial charge in [0.25, 0.3) is 0 Å². The first-order valence-corrected chi connectivity index (χ1v) is 13.5. The number of fused-ring (bicyclic) bond motifs is 1. The van der Waals surface area contributed by atoms with Crippen LogP contribution < -0.4 is 5.32 Å². The molecule has 0 saturated heterocycles. The van der Waals surface area contributed by atoms with Gasteiger partial charge in [0, 0.05) is 13.1 Å². The maximum atomic E-state index is 13.9. The van der Waals surface area contributed by atoms with Crippen molar-refractivity contribution in [3.8, 4) is 0 Å². The number of alkyl halides is 6. The molecule has 0 aliphatic carbocycles. The fourth-order valence-corrected chi connectivity index (χ4v) is 6.37. The summed E-state index contributed by atoms with van der Waals surface area (Å²) < 4.78 is 119. The normalized spacial score (nSPS) is 14.6. The van der Waals surface area contributed by atoms with E-state index in [1.165, 1.54) is 12.1 Å². The Morgan fingerprint density at radius 1 is 0.925 bits per heavy atom. The highest BCUT2D eigenvalue weighted by atomic mass is 35.5. The molecule has 3 aromatic carbocycles. The number of carbonyl (C=O) groups is 1. The zero-order chi connectivity index (χ0) is 29.6. The Morgan fingerprint density at radius 3 is 2.23 bits per heavy atom. The molecule has 1 N–H and O–H groups in total. The van der Waals surface area contributed by atoms with Crippen LogP contribution in [0.1, 0.15) is 27.8 Å². The van der Waals surface area contributed by atoms with Crippen LogP contribution in [0.25, 0.3) is 0 Å². The number of benzene rings is 3. The molecule has 1 amide bonds. The van der Waals surface area contributed by atoms with Gasteiger partial charge in [-0.3, -0.25) is 4.79 Å². The van der Waals surface area contributed by atoms with Gasteiger partial charge in [0.1, 0.15) is 10.7 Å². The average Bonchev–Trinajstić information content (AvgIpc) is 2.84. The maximum Gasteiger partial charge on any atom is 0.419 e. The highest BCUT2D eigenvalue weighted by Crippen LogP contribution is 2.38.